The van der Waals surface area contributed by atoms with Crippen molar-refractivity contribution in [3.8, 4) is 0 Å². The minimum Gasteiger partial charge on any atom is -0.360 e. The molecule has 0 saturated heterocycles. The van der Waals surface area contributed by atoms with Gasteiger partial charge in [-0.3, -0.25) is 4.98 Å². The zero-order valence-corrected chi connectivity index (χ0v) is 10.7. The number of pyridine rings is 1. The van der Waals surface area contributed by atoms with Crippen LogP contribution in [0.5, 0.6) is 0 Å². The molecule has 1 fully saturated rings. The molecule has 1 N–H and O–H groups in total. The highest BCUT2D eigenvalue weighted by molar-refractivity contribution is 5.58. The Labute approximate surface area is 103 Å². The summed E-state index contributed by atoms with van der Waals surface area (Å²) in [6, 6.07) is 2.16. The van der Waals surface area contributed by atoms with E-state index in [0.29, 0.717) is 0 Å². The van der Waals surface area contributed by atoms with Crippen molar-refractivity contribution >= 4 is 11.8 Å². The highest BCUT2D eigenvalue weighted by Gasteiger charge is 2.07. The van der Waals surface area contributed by atoms with Crippen LogP contribution in [-0.2, 0) is 0 Å². The Morgan fingerprint density at radius 2 is 2.24 bits per heavy atom. The molecular formula is C15H20N2. The van der Waals surface area contributed by atoms with E-state index in [1.54, 1.807) is 0 Å². The molecule has 1 aromatic heterocycles. The van der Waals surface area contributed by atoms with Gasteiger partial charge in [0.15, 0.2) is 0 Å². The number of nitrogens with one attached hydrogen (secondary N) is 1. The average molecular weight is 228 g/mol. The lowest BCUT2D eigenvalue weighted by Gasteiger charge is -2.16. The molecule has 2 nitrogen and oxygen atoms in total. The van der Waals surface area contributed by atoms with Crippen molar-refractivity contribution in [1.29, 1.82) is 0 Å². The van der Waals surface area contributed by atoms with Gasteiger partial charge in [-0.25, -0.2) is 0 Å². The summed E-state index contributed by atoms with van der Waals surface area (Å²) in [5.41, 5.74) is 4.86. The van der Waals surface area contributed by atoms with E-state index in [9.17, 15) is 0 Å². The van der Waals surface area contributed by atoms with Crippen LogP contribution < -0.4 is 5.32 Å². The van der Waals surface area contributed by atoms with Crippen molar-refractivity contribution in [2.45, 2.75) is 39.5 Å². The molecule has 0 aromatic carbocycles. The standard InChI is InChI=1S/C15H20N2/c1-3-4-8-14-9-15(11-16-12(14)2)17-10-13-6-5-7-13/h4,8-11,17H,3,5-7H2,1-2H3/b8-4-. The van der Waals surface area contributed by atoms with Crippen molar-refractivity contribution < 1.29 is 0 Å². The second-order valence-corrected chi connectivity index (χ2v) is 4.51. The van der Waals surface area contributed by atoms with Gasteiger partial charge in [-0.1, -0.05) is 24.6 Å². The van der Waals surface area contributed by atoms with E-state index in [1.165, 1.54) is 30.4 Å². The van der Waals surface area contributed by atoms with Gasteiger partial charge in [0.2, 0.25) is 0 Å². The van der Waals surface area contributed by atoms with Crippen molar-refractivity contribution in [2.75, 3.05) is 5.32 Å². The largest absolute Gasteiger partial charge is 0.360 e. The fourth-order valence-electron chi connectivity index (χ4n) is 1.75. The van der Waals surface area contributed by atoms with Crippen LogP contribution in [0.15, 0.2) is 30.1 Å². The first-order valence-corrected chi connectivity index (χ1v) is 6.37. The molecule has 0 unspecified atom stereocenters. The molecule has 1 aliphatic carbocycles. The van der Waals surface area contributed by atoms with Crippen molar-refractivity contribution in [3.05, 3.63) is 41.4 Å². The number of allylic oxidation sites excluding steroid dienone is 2. The number of anilines is 1. The number of hydrogen-bond donors (Lipinski definition) is 1. The lowest BCUT2D eigenvalue weighted by Crippen LogP contribution is -2.01. The molecule has 0 bridgehead atoms. The zero-order valence-electron chi connectivity index (χ0n) is 10.7. The number of aryl methyl sites for hydroxylation is 1. The van der Waals surface area contributed by atoms with Crippen LogP contribution in [-0.4, -0.2) is 4.98 Å². The van der Waals surface area contributed by atoms with Crippen molar-refractivity contribution in [1.82, 2.24) is 4.98 Å². The molecule has 0 amide bonds. The lowest BCUT2D eigenvalue weighted by atomic mass is 9.93. The first-order valence-electron chi connectivity index (χ1n) is 6.37. The first kappa shape index (κ1) is 11.9. The highest BCUT2D eigenvalue weighted by atomic mass is 14.9. The molecular weight excluding hydrogens is 208 g/mol. The lowest BCUT2D eigenvalue weighted by molar-refractivity contribution is 0.661. The Hall–Kier alpha value is -1.57. The number of hydrogen-bond acceptors (Lipinski definition) is 2. The fraction of sp³-hybridized carbons (Fsp3) is 0.400. The number of rotatable bonds is 4. The Morgan fingerprint density at radius 3 is 2.88 bits per heavy atom. The summed E-state index contributed by atoms with van der Waals surface area (Å²) < 4.78 is 0. The average Bonchev–Trinajstić information content (AvgIpc) is 2.27. The smallest absolute Gasteiger partial charge is 0.0572 e. The minimum absolute atomic E-state index is 1.06. The predicted octanol–water partition coefficient (Wildman–Crippen LogP) is 4.29. The van der Waals surface area contributed by atoms with Gasteiger partial charge < -0.3 is 5.32 Å². The Balaban J connectivity index is 2.09. The fourth-order valence-corrected chi connectivity index (χ4v) is 1.75. The van der Waals surface area contributed by atoms with Gasteiger partial charge in [0.1, 0.15) is 0 Å². The molecule has 0 radical (unpaired) electrons. The van der Waals surface area contributed by atoms with Gasteiger partial charge >= 0.3 is 0 Å². The summed E-state index contributed by atoms with van der Waals surface area (Å²) in [6.07, 6.45) is 13.2. The Kier molecular flexibility index (Phi) is 3.97. The molecule has 1 heterocycles. The molecule has 2 heteroatoms. The predicted molar refractivity (Wildman–Crippen MR) is 73.9 cm³/mol. The second kappa shape index (κ2) is 5.67. The quantitative estimate of drug-likeness (QED) is 0.831. The number of nitrogens with zero attached hydrogens (tertiary/aromatic N) is 1. The number of aromatic nitrogens is 1. The molecule has 1 aliphatic rings. The summed E-state index contributed by atoms with van der Waals surface area (Å²) in [6.45, 7) is 4.19. The van der Waals surface area contributed by atoms with Crippen LogP contribution >= 0.6 is 0 Å². The maximum atomic E-state index is 4.41. The topological polar surface area (TPSA) is 24.9 Å². The maximum absolute atomic E-state index is 4.41. The maximum Gasteiger partial charge on any atom is 0.0572 e. The summed E-state index contributed by atoms with van der Waals surface area (Å²) in [5, 5.41) is 3.33. The third kappa shape index (κ3) is 3.19. The SMILES string of the molecule is CC/C=C\c1cc(NC=C2CCC2)cnc1C. The van der Waals surface area contributed by atoms with E-state index in [2.05, 4.69) is 41.6 Å². The van der Waals surface area contributed by atoms with Crippen LogP contribution in [0.25, 0.3) is 6.08 Å². The van der Waals surface area contributed by atoms with E-state index >= 15 is 0 Å². The van der Waals surface area contributed by atoms with E-state index in [4.69, 9.17) is 0 Å². The summed E-state index contributed by atoms with van der Waals surface area (Å²) in [4.78, 5) is 4.41. The summed E-state index contributed by atoms with van der Waals surface area (Å²) >= 11 is 0. The second-order valence-electron chi connectivity index (χ2n) is 4.51. The summed E-state index contributed by atoms with van der Waals surface area (Å²) in [7, 11) is 0. The summed E-state index contributed by atoms with van der Waals surface area (Å²) in [5.74, 6) is 0. The van der Waals surface area contributed by atoms with Crippen LogP contribution in [0.1, 0.15) is 43.9 Å². The molecule has 0 aliphatic heterocycles. The zero-order chi connectivity index (χ0) is 12.1. The van der Waals surface area contributed by atoms with Gasteiger partial charge in [0.25, 0.3) is 0 Å². The van der Waals surface area contributed by atoms with Crippen LogP contribution in [0.3, 0.4) is 0 Å². The first-order chi connectivity index (χ1) is 8.29. The third-order valence-electron chi connectivity index (χ3n) is 3.10. The van der Waals surface area contributed by atoms with E-state index in [1.807, 2.05) is 13.1 Å². The molecule has 0 spiro atoms. The van der Waals surface area contributed by atoms with E-state index in [-0.39, 0.29) is 0 Å². The van der Waals surface area contributed by atoms with E-state index < -0.39 is 0 Å². The molecule has 90 valence electrons. The minimum atomic E-state index is 1.06. The van der Waals surface area contributed by atoms with Crippen LogP contribution in [0.2, 0.25) is 0 Å². The molecule has 0 atom stereocenters. The van der Waals surface area contributed by atoms with Gasteiger partial charge in [0, 0.05) is 11.9 Å². The molecule has 2 rings (SSSR count). The third-order valence-corrected chi connectivity index (χ3v) is 3.10. The van der Waals surface area contributed by atoms with Gasteiger partial charge in [0.05, 0.1) is 11.9 Å². The molecule has 17 heavy (non-hydrogen) atoms. The molecule has 1 aromatic rings. The van der Waals surface area contributed by atoms with Crippen molar-refractivity contribution in [3.63, 3.8) is 0 Å². The Morgan fingerprint density at radius 1 is 1.41 bits per heavy atom. The van der Waals surface area contributed by atoms with Crippen LogP contribution in [0, 0.1) is 6.92 Å². The van der Waals surface area contributed by atoms with E-state index in [0.717, 1.165) is 17.8 Å². The molecule has 1 saturated carbocycles. The van der Waals surface area contributed by atoms with Crippen LogP contribution in [0.4, 0.5) is 5.69 Å². The monoisotopic (exact) mass is 228 g/mol. The van der Waals surface area contributed by atoms with Gasteiger partial charge in [-0.2, -0.15) is 0 Å². The van der Waals surface area contributed by atoms with Crippen molar-refractivity contribution in [2.24, 2.45) is 0 Å². The highest BCUT2D eigenvalue weighted by Crippen LogP contribution is 2.25. The van der Waals surface area contributed by atoms with Gasteiger partial charge in [-0.15, -0.1) is 0 Å². The normalized spacial score (nSPS) is 14.8. The van der Waals surface area contributed by atoms with Gasteiger partial charge in [-0.05, 0) is 44.2 Å². The Bertz CT molecular complexity index is 438.